The number of rotatable bonds is 4. The van der Waals surface area contributed by atoms with E-state index in [-0.39, 0.29) is 6.04 Å². The largest absolute Gasteiger partial charge is 0.459 e. The van der Waals surface area contributed by atoms with Crippen LogP contribution in [0.5, 0.6) is 0 Å². The summed E-state index contributed by atoms with van der Waals surface area (Å²) in [5, 5.41) is 7.59. The van der Waals surface area contributed by atoms with Gasteiger partial charge in [0.15, 0.2) is 0 Å². The van der Waals surface area contributed by atoms with Crippen molar-refractivity contribution >= 4 is 0 Å². The molecule has 1 atom stereocenters. The number of hydrogen-bond acceptors (Lipinski definition) is 3. The zero-order chi connectivity index (χ0) is 12.4. The minimum Gasteiger partial charge on any atom is -0.459 e. The Labute approximate surface area is 102 Å². The number of nitrogens with one attached hydrogen (secondary N) is 1. The Bertz CT molecular complexity index is 498. The van der Waals surface area contributed by atoms with Crippen molar-refractivity contribution in [1.29, 1.82) is 0 Å². The van der Waals surface area contributed by atoms with Crippen LogP contribution in [0.4, 0.5) is 0 Å². The Kier molecular flexibility index (Phi) is 3.33. The highest BCUT2D eigenvalue weighted by Gasteiger charge is 2.14. The van der Waals surface area contributed by atoms with Gasteiger partial charge in [0.1, 0.15) is 11.5 Å². The highest BCUT2D eigenvalue weighted by molar-refractivity contribution is 5.59. The number of hydrogen-bond donors (Lipinski definition) is 1. The van der Waals surface area contributed by atoms with Gasteiger partial charge in [-0.15, -0.1) is 0 Å². The Balaban J connectivity index is 2.36. The van der Waals surface area contributed by atoms with E-state index in [1.165, 1.54) is 0 Å². The molecule has 2 aromatic heterocycles. The van der Waals surface area contributed by atoms with Crippen LogP contribution in [0, 0.1) is 0 Å². The third-order valence-corrected chi connectivity index (χ3v) is 2.99. The van der Waals surface area contributed by atoms with Gasteiger partial charge in [0.25, 0.3) is 0 Å². The molecule has 2 rings (SSSR count). The molecule has 0 aliphatic carbocycles. The molecule has 1 unspecified atom stereocenters. The highest BCUT2D eigenvalue weighted by atomic mass is 16.3. The fourth-order valence-electron chi connectivity index (χ4n) is 1.87. The van der Waals surface area contributed by atoms with Gasteiger partial charge < -0.3 is 9.73 Å². The van der Waals surface area contributed by atoms with E-state index in [0.717, 1.165) is 29.2 Å². The number of nitrogens with zero attached hydrogens (tertiary/aromatic N) is 2. The Morgan fingerprint density at radius 1 is 1.47 bits per heavy atom. The number of aromatic nitrogens is 2. The van der Waals surface area contributed by atoms with Gasteiger partial charge in [-0.2, -0.15) is 5.10 Å². The zero-order valence-corrected chi connectivity index (χ0v) is 10.8. The first-order chi connectivity index (χ1) is 8.15. The first-order valence-corrected chi connectivity index (χ1v) is 5.95. The average molecular weight is 233 g/mol. The maximum atomic E-state index is 5.86. The highest BCUT2D eigenvalue weighted by Crippen LogP contribution is 2.27. The summed E-state index contributed by atoms with van der Waals surface area (Å²) in [6.45, 7) is 4.18. The third kappa shape index (κ3) is 2.26. The number of aryl methyl sites for hydroxylation is 2. The molecule has 2 heterocycles. The molecule has 0 fully saturated rings. The first-order valence-electron chi connectivity index (χ1n) is 5.95. The second-order valence-corrected chi connectivity index (χ2v) is 4.23. The summed E-state index contributed by atoms with van der Waals surface area (Å²) in [6.07, 6.45) is 2.92. The maximum absolute atomic E-state index is 5.86. The van der Waals surface area contributed by atoms with Crippen molar-refractivity contribution in [3.63, 3.8) is 0 Å². The second-order valence-electron chi connectivity index (χ2n) is 4.23. The van der Waals surface area contributed by atoms with E-state index in [2.05, 4.69) is 24.3 Å². The quantitative estimate of drug-likeness (QED) is 0.882. The molecule has 0 aromatic carbocycles. The molecule has 0 saturated heterocycles. The molecule has 2 aromatic rings. The lowest BCUT2D eigenvalue weighted by Gasteiger charge is -2.05. The summed E-state index contributed by atoms with van der Waals surface area (Å²) >= 11 is 0. The molecule has 1 N–H and O–H groups in total. The van der Waals surface area contributed by atoms with E-state index in [9.17, 15) is 0 Å². The molecule has 0 aliphatic rings. The van der Waals surface area contributed by atoms with Crippen LogP contribution in [0.3, 0.4) is 0 Å². The van der Waals surface area contributed by atoms with E-state index in [1.807, 2.05) is 37.1 Å². The summed E-state index contributed by atoms with van der Waals surface area (Å²) in [5.74, 6) is 1.85. The molecular formula is C13H19N3O. The van der Waals surface area contributed by atoms with Crippen molar-refractivity contribution in [2.75, 3.05) is 7.05 Å². The monoisotopic (exact) mass is 233 g/mol. The van der Waals surface area contributed by atoms with Gasteiger partial charge in [-0.25, -0.2) is 0 Å². The second kappa shape index (κ2) is 4.75. The standard InChI is InChI=1S/C13H19N3O/c1-5-11-10(8-16(4)15-11)13-7-6-12(17-13)9(2)14-3/h6-9,14H,5H2,1-4H3. The van der Waals surface area contributed by atoms with Crippen LogP contribution in [0.2, 0.25) is 0 Å². The van der Waals surface area contributed by atoms with Crippen molar-refractivity contribution in [2.45, 2.75) is 26.3 Å². The van der Waals surface area contributed by atoms with Crippen molar-refractivity contribution < 1.29 is 4.42 Å². The molecule has 92 valence electrons. The Hall–Kier alpha value is -1.55. The van der Waals surface area contributed by atoms with Crippen molar-refractivity contribution in [1.82, 2.24) is 15.1 Å². The van der Waals surface area contributed by atoms with E-state index in [4.69, 9.17) is 4.42 Å². The lowest BCUT2D eigenvalue weighted by atomic mass is 10.1. The van der Waals surface area contributed by atoms with Gasteiger partial charge in [0.05, 0.1) is 17.3 Å². The fraction of sp³-hybridized carbons (Fsp3) is 0.462. The predicted molar refractivity (Wildman–Crippen MR) is 67.8 cm³/mol. The Morgan fingerprint density at radius 3 is 2.88 bits per heavy atom. The van der Waals surface area contributed by atoms with Crippen LogP contribution >= 0.6 is 0 Å². The third-order valence-electron chi connectivity index (χ3n) is 2.99. The van der Waals surface area contributed by atoms with Crippen LogP contribution < -0.4 is 5.32 Å². The van der Waals surface area contributed by atoms with E-state index >= 15 is 0 Å². The van der Waals surface area contributed by atoms with Crippen LogP contribution in [-0.4, -0.2) is 16.8 Å². The fourth-order valence-corrected chi connectivity index (χ4v) is 1.87. The lowest BCUT2D eigenvalue weighted by Crippen LogP contribution is -2.11. The Morgan fingerprint density at radius 2 is 2.24 bits per heavy atom. The molecule has 0 aliphatic heterocycles. The lowest BCUT2D eigenvalue weighted by molar-refractivity contribution is 0.458. The van der Waals surface area contributed by atoms with Crippen LogP contribution in [0.25, 0.3) is 11.3 Å². The molecule has 0 amide bonds. The molecule has 0 bridgehead atoms. The van der Waals surface area contributed by atoms with Gasteiger partial charge in [0.2, 0.25) is 0 Å². The summed E-state index contributed by atoms with van der Waals surface area (Å²) in [7, 11) is 3.86. The van der Waals surface area contributed by atoms with Gasteiger partial charge in [-0.05, 0) is 32.5 Å². The van der Waals surface area contributed by atoms with Crippen molar-refractivity contribution in [3.05, 3.63) is 29.8 Å². The van der Waals surface area contributed by atoms with Gasteiger partial charge >= 0.3 is 0 Å². The van der Waals surface area contributed by atoms with Gasteiger partial charge in [0, 0.05) is 13.2 Å². The average Bonchev–Trinajstić information content (AvgIpc) is 2.93. The van der Waals surface area contributed by atoms with Crippen molar-refractivity contribution in [2.24, 2.45) is 7.05 Å². The summed E-state index contributed by atoms with van der Waals surface area (Å²) in [4.78, 5) is 0. The molecular weight excluding hydrogens is 214 g/mol. The zero-order valence-electron chi connectivity index (χ0n) is 10.8. The van der Waals surface area contributed by atoms with E-state index in [1.54, 1.807) is 0 Å². The van der Waals surface area contributed by atoms with Crippen LogP contribution in [0.15, 0.2) is 22.7 Å². The van der Waals surface area contributed by atoms with Gasteiger partial charge in [-0.3, -0.25) is 4.68 Å². The van der Waals surface area contributed by atoms with Crippen molar-refractivity contribution in [3.8, 4) is 11.3 Å². The molecule has 0 saturated carbocycles. The SMILES string of the molecule is CCc1nn(C)cc1-c1ccc(C(C)NC)o1. The summed E-state index contributed by atoms with van der Waals surface area (Å²) in [5.41, 5.74) is 2.16. The molecule has 0 spiro atoms. The molecule has 4 heteroatoms. The maximum Gasteiger partial charge on any atom is 0.137 e. The van der Waals surface area contributed by atoms with Crippen LogP contribution in [0.1, 0.15) is 31.3 Å². The smallest absolute Gasteiger partial charge is 0.137 e. The topological polar surface area (TPSA) is 43.0 Å². The minimum atomic E-state index is 0.227. The van der Waals surface area contributed by atoms with Gasteiger partial charge in [-0.1, -0.05) is 6.92 Å². The number of furan rings is 1. The molecule has 17 heavy (non-hydrogen) atoms. The molecule has 4 nitrogen and oxygen atoms in total. The minimum absolute atomic E-state index is 0.227. The molecule has 0 radical (unpaired) electrons. The predicted octanol–water partition coefficient (Wildman–Crippen LogP) is 2.52. The summed E-state index contributed by atoms with van der Waals surface area (Å²) in [6, 6.07) is 4.26. The summed E-state index contributed by atoms with van der Waals surface area (Å²) < 4.78 is 7.69. The van der Waals surface area contributed by atoms with Crippen LogP contribution in [-0.2, 0) is 13.5 Å². The van der Waals surface area contributed by atoms with E-state index < -0.39 is 0 Å². The first kappa shape index (κ1) is 11.9. The van der Waals surface area contributed by atoms with E-state index in [0.29, 0.717) is 0 Å². The normalized spacial score (nSPS) is 12.9.